The van der Waals surface area contributed by atoms with E-state index in [-0.39, 0.29) is 11.9 Å². The maximum absolute atomic E-state index is 14.2. The van der Waals surface area contributed by atoms with Gasteiger partial charge in [0.1, 0.15) is 18.5 Å². The number of aromatic nitrogens is 2. The van der Waals surface area contributed by atoms with Crippen molar-refractivity contribution in [2.24, 2.45) is 13.0 Å². The van der Waals surface area contributed by atoms with Crippen LogP contribution in [0.15, 0.2) is 42.5 Å². The molecule has 0 N–H and O–H groups in total. The van der Waals surface area contributed by atoms with Gasteiger partial charge in [0, 0.05) is 53.9 Å². The first-order chi connectivity index (χ1) is 19.0. The molecule has 1 aliphatic heterocycles. The second kappa shape index (κ2) is 10.1. The summed E-state index contributed by atoms with van der Waals surface area (Å²) in [5.74, 6) is 2.06. The van der Waals surface area contributed by atoms with Crippen molar-refractivity contribution in [2.75, 3.05) is 19.7 Å². The van der Waals surface area contributed by atoms with Crippen LogP contribution in [0.25, 0.3) is 21.8 Å². The zero-order valence-corrected chi connectivity index (χ0v) is 23.1. The number of benzene rings is 2. The maximum atomic E-state index is 14.2. The molecule has 2 aliphatic carbocycles. The second-order valence-corrected chi connectivity index (χ2v) is 12.0. The Kier molecular flexibility index (Phi) is 6.46. The number of ether oxygens (including phenoxy) is 2. The molecule has 39 heavy (non-hydrogen) atoms. The van der Waals surface area contributed by atoms with Crippen molar-refractivity contribution < 1.29 is 13.9 Å². The Hall–Kier alpha value is -3.12. The molecule has 2 atom stereocenters. The molecule has 0 unspecified atom stereocenters. The highest BCUT2D eigenvalue weighted by Crippen LogP contribution is 2.39. The molecule has 2 aromatic heterocycles. The van der Waals surface area contributed by atoms with E-state index >= 15 is 0 Å². The Morgan fingerprint density at radius 1 is 1.00 bits per heavy atom. The highest BCUT2D eigenvalue weighted by Gasteiger charge is 2.32. The fourth-order valence-corrected chi connectivity index (χ4v) is 7.36. The number of hydrogen-bond donors (Lipinski definition) is 0. The highest BCUT2D eigenvalue weighted by molar-refractivity contribution is 5.88. The van der Waals surface area contributed by atoms with Crippen molar-refractivity contribution in [3.63, 3.8) is 0 Å². The van der Waals surface area contributed by atoms with Crippen LogP contribution < -0.4 is 9.47 Å². The fraction of sp³-hybridized carbons (Fsp3) is 0.485. The molecule has 7 rings (SSSR count). The smallest absolute Gasteiger partial charge is 0.171 e. The van der Waals surface area contributed by atoms with Crippen molar-refractivity contribution in [1.82, 2.24) is 14.5 Å². The molecule has 0 bridgehead atoms. The predicted molar refractivity (Wildman–Crippen MR) is 153 cm³/mol. The number of halogens is 1. The van der Waals surface area contributed by atoms with Gasteiger partial charge in [-0.15, -0.1) is 0 Å². The van der Waals surface area contributed by atoms with Gasteiger partial charge >= 0.3 is 0 Å². The number of hydrogen-bond acceptors (Lipinski definition) is 4. The molecule has 6 heteroatoms. The fourth-order valence-electron chi connectivity index (χ4n) is 7.36. The number of nitrogens with zero attached hydrogens (tertiary/aromatic N) is 3. The number of fused-ring (bicyclic) bond motifs is 6. The zero-order valence-electron chi connectivity index (χ0n) is 23.1. The minimum atomic E-state index is -0.144. The van der Waals surface area contributed by atoms with Gasteiger partial charge in [0.05, 0.1) is 5.52 Å². The molecule has 4 aromatic rings. The first kappa shape index (κ1) is 24.9. The molecule has 3 aliphatic rings. The summed E-state index contributed by atoms with van der Waals surface area (Å²) in [7, 11) is 2.13. The van der Waals surface area contributed by atoms with Crippen LogP contribution >= 0.6 is 0 Å². The van der Waals surface area contributed by atoms with Crippen molar-refractivity contribution >= 4 is 21.8 Å². The van der Waals surface area contributed by atoms with Crippen LogP contribution in [0.1, 0.15) is 55.5 Å². The van der Waals surface area contributed by atoms with Crippen LogP contribution in [0.4, 0.5) is 4.39 Å². The third-order valence-electron chi connectivity index (χ3n) is 9.34. The Balaban J connectivity index is 1.13. The lowest BCUT2D eigenvalue weighted by atomic mass is 9.85. The molecule has 0 spiro atoms. The highest BCUT2D eigenvalue weighted by atomic mass is 19.1. The van der Waals surface area contributed by atoms with Gasteiger partial charge in [0.2, 0.25) is 0 Å². The van der Waals surface area contributed by atoms with Crippen LogP contribution in [0.2, 0.25) is 0 Å². The van der Waals surface area contributed by atoms with Crippen LogP contribution in [-0.4, -0.2) is 46.3 Å². The van der Waals surface area contributed by atoms with Crippen LogP contribution in [0.3, 0.4) is 0 Å². The van der Waals surface area contributed by atoms with E-state index in [1.54, 1.807) is 12.1 Å². The summed E-state index contributed by atoms with van der Waals surface area (Å²) in [6.45, 7) is 4.51. The van der Waals surface area contributed by atoms with E-state index in [2.05, 4.69) is 22.6 Å². The van der Waals surface area contributed by atoms with E-state index < -0.39 is 0 Å². The average Bonchev–Trinajstić information content (AvgIpc) is 3.23. The maximum Gasteiger partial charge on any atom is 0.171 e. The molecule has 1 saturated carbocycles. The van der Waals surface area contributed by atoms with E-state index in [1.807, 2.05) is 31.2 Å². The standard InChI is InChI=1S/C33H38FN3O2/c1-21-8-11-26-29(35-21)12-15-32-33(26)39-25(20-38-32)19-37(24-6-4-3-5-7-24)18-22-9-13-30-27(16-22)28-17-23(34)10-14-31(28)36(30)2/h8,10-12,14-15,17,22,24-25H,3-7,9,13,16,18-20H2,1-2H3/t22-,25-/m0/s1. The van der Waals surface area contributed by atoms with Crippen LogP contribution in [-0.2, 0) is 19.9 Å². The summed E-state index contributed by atoms with van der Waals surface area (Å²) < 4.78 is 29.4. The van der Waals surface area contributed by atoms with Crippen LogP contribution in [0, 0.1) is 18.7 Å². The molecule has 0 radical (unpaired) electrons. The van der Waals surface area contributed by atoms with Gasteiger partial charge in [-0.05, 0) is 93.0 Å². The lowest BCUT2D eigenvalue weighted by Gasteiger charge is -2.40. The summed E-state index contributed by atoms with van der Waals surface area (Å²) in [6.07, 6.45) is 9.69. The monoisotopic (exact) mass is 527 g/mol. The lowest BCUT2D eigenvalue weighted by molar-refractivity contribution is 0.0313. The van der Waals surface area contributed by atoms with Gasteiger partial charge < -0.3 is 14.0 Å². The molecule has 2 aromatic carbocycles. The summed E-state index contributed by atoms with van der Waals surface area (Å²) in [4.78, 5) is 7.41. The van der Waals surface area contributed by atoms with E-state index in [0.29, 0.717) is 18.6 Å². The van der Waals surface area contributed by atoms with Gasteiger partial charge in [0.15, 0.2) is 11.5 Å². The van der Waals surface area contributed by atoms with Gasteiger partial charge in [-0.3, -0.25) is 9.88 Å². The molecule has 0 saturated heterocycles. The lowest BCUT2D eigenvalue weighted by Crippen LogP contribution is -2.48. The number of aryl methyl sites for hydroxylation is 2. The van der Waals surface area contributed by atoms with Gasteiger partial charge in [-0.2, -0.15) is 0 Å². The normalized spacial score (nSPS) is 21.5. The average molecular weight is 528 g/mol. The first-order valence-corrected chi connectivity index (χ1v) is 14.7. The van der Waals surface area contributed by atoms with Gasteiger partial charge in [0.25, 0.3) is 0 Å². The summed E-state index contributed by atoms with van der Waals surface area (Å²) in [6, 6.07) is 14.0. The molecular formula is C33H38FN3O2. The Bertz CT molecular complexity index is 1520. The SMILES string of the molecule is Cc1ccc2c3c(ccc2n1)OC[C@H](CN(C[C@H]1CCc2c(c4cc(F)ccc4n2C)C1)C1CCCCC1)O3. The summed E-state index contributed by atoms with van der Waals surface area (Å²) in [5.41, 5.74) is 5.84. The van der Waals surface area contributed by atoms with Gasteiger partial charge in [-0.25, -0.2) is 4.39 Å². The Morgan fingerprint density at radius 2 is 1.87 bits per heavy atom. The topological polar surface area (TPSA) is 39.5 Å². The van der Waals surface area contributed by atoms with Crippen molar-refractivity contribution in [1.29, 1.82) is 0 Å². The minimum absolute atomic E-state index is 0.0165. The van der Waals surface area contributed by atoms with E-state index in [1.165, 1.54) is 49.8 Å². The Labute approximate surface area is 229 Å². The third-order valence-corrected chi connectivity index (χ3v) is 9.34. The van der Waals surface area contributed by atoms with E-state index in [4.69, 9.17) is 14.5 Å². The summed E-state index contributed by atoms with van der Waals surface area (Å²) >= 11 is 0. The van der Waals surface area contributed by atoms with Crippen molar-refractivity contribution in [3.05, 3.63) is 65.2 Å². The zero-order chi connectivity index (χ0) is 26.5. The molecule has 0 amide bonds. The molecule has 5 nitrogen and oxygen atoms in total. The largest absolute Gasteiger partial charge is 0.486 e. The quantitative estimate of drug-likeness (QED) is 0.288. The second-order valence-electron chi connectivity index (χ2n) is 12.0. The van der Waals surface area contributed by atoms with Crippen molar-refractivity contribution in [3.8, 4) is 11.5 Å². The molecule has 1 fully saturated rings. The molecule has 3 heterocycles. The van der Waals surface area contributed by atoms with E-state index in [9.17, 15) is 4.39 Å². The van der Waals surface area contributed by atoms with Crippen molar-refractivity contribution in [2.45, 2.75) is 70.4 Å². The minimum Gasteiger partial charge on any atom is -0.486 e. The summed E-state index contributed by atoms with van der Waals surface area (Å²) in [5, 5.41) is 2.12. The molecule has 204 valence electrons. The first-order valence-electron chi connectivity index (χ1n) is 14.7. The van der Waals surface area contributed by atoms with Crippen LogP contribution in [0.5, 0.6) is 11.5 Å². The number of rotatable bonds is 5. The third kappa shape index (κ3) is 4.67. The predicted octanol–water partition coefficient (Wildman–Crippen LogP) is 6.75. The number of pyridine rings is 1. The Morgan fingerprint density at radius 3 is 2.74 bits per heavy atom. The molecular weight excluding hydrogens is 489 g/mol. The van der Waals surface area contributed by atoms with Gasteiger partial charge in [-0.1, -0.05) is 19.3 Å². The van der Waals surface area contributed by atoms with E-state index in [0.717, 1.165) is 64.9 Å².